The molecule has 2 aliphatic heterocycles. The second-order valence-electron chi connectivity index (χ2n) is 7.92. The minimum Gasteiger partial charge on any atom is -0.351 e. The Bertz CT molecular complexity index is 838. The van der Waals surface area contributed by atoms with Crippen LogP contribution in [0.2, 0.25) is 0 Å². The van der Waals surface area contributed by atoms with Crippen molar-refractivity contribution in [2.75, 3.05) is 57.8 Å². The zero-order chi connectivity index (χ0) is 20.9. The second-order valence-corrected chi connectivity index (χ2v) is 8.87. The largest absolute Gasteiger partial charge is 0.351 e. The number of carbonyl (C=O) groups excluding carboxylic acids is 2. The topological polar surface area (TPSA) is 72.9 Å². The van der Waals surface area contributed by atoms with Crippen molar-refractivity contribution in [2.24, 2.45) is 0 Å². The Morgan fingerprint density at radius 2 is 1.93 bits per heavy atom. The molecule has 0 saturated carbocycles. The highest BCUT2D eigenvalue weighted by Crippen LogP contribution is 2.23. The van der Waals surface area contributed by atoms with E-state index in [2.05, 4.69) is 20.0 Å². The predicted molar refractivity (Wildman–Crippen MR) is 117 cm³/mol. The molecule has 4 rings (SSSR count). The average molecular weight is 429 g/mol. The van der Waals surface area contributed by atoms with Gasteiger partial charge in [0.15, 0.2) is 5.82 Å². The Hall–Kier alpha value is -2.52. The van der Waals surface area contributed by atoms with Crippen molar-refractivity contribution in [1.29, 1.82) is 0 Å². The quantitative estimate of drug-likeness (QED) is 0.693. The number of nitrogens with zero attached hydrogens (tertiary/aromatic N) is 6. The molecule has 1 atom stereocenters. The van der Waals surface area contributed by atoms with E-state index in [0.29, 0.717) is 38.8 Å². The molecule has 2 fully saturated rings. The highest BCUT2D eigenvalue weighted by atomic mass is 32.1. The summed E-state index contributed by atoms with van der Waals surface area (Å²) in [5.74, 6) is 1.11. The van der Waals surface area contributed by atoms with Crippen LogP contribution in [0.4, 0.5) is 5.82 Å². The van der Waals surface area contributed by atoms with Gasteiger partial charge < -0.3 is 14.7 Å². The van der Waals surface area contributed by atoms with E-state index in [9.17, 15) is 9.59 Å². The van der Waals surface area contributed by atoms with Gasteiger partial charge >= 0.3 is 0 Å². The highest BCUT2D eigenvalue weighted by molar-refractivity contribution is 7.12. The highest BCUT2D eigenvalue weighted by Gasteiger charge is 2.29. The molecule has 1 unspecified atom stereocenters. The third-order valence-electron chi connectivity index (χ3n) is 5.81. The monoisotopic (exact) mass is 428 g/mol. The van der Waals surface area contributed by atoms with Gasteiger partial charge in [0.1, 0.15) is 0 Å². The number of piperazine rings is 1. The van der Waals surface area contributed by atoms with Gasteiger partial charge in [0.2, 0.25) is 5.91 Å². The summed E-state index contributed by atoms with van der Waals surface area (Å²) in [5.41, 5.74) is 0. The van der Waals surface area contributed by atoms with Crippen molar-refractivity contribution in [2.45, 2.75) is 18.9 Å². The lowest BCUT2D eigenvalue weighted by Gasteiger charge is -2.36. The number of rotatable bonds is 6. The van der Waals surface area contributed by atoms with E-state index < -0.39 is 0 Å². The molecular weight excluding hydrogens is 400 g/mol. The maximum atomic E-state index is 12.8. The third-order valence-corrected chi connectivity index (χ3v) is 6.67. The van der Waals surface area contributed by atoms with Crippen molar-refractivity contribution in [1.82, 2.24) is 24.9 Å². The lowest BCUT2D eigenvalue weighted by molar-refractivity contribution is -0.133. The second kappa shape index (κ2) is 9.53. The van der Waals surface area contributed by atoms with Crippen molar-refractivity contribution in [3.05, 3.63) is 40.7 Å². The van der Waals surface area contributed by atoms with Gasteiger partial charge in [-0.05, 0) is 43.5 Å². The molecule has 0 aromatic carbocycles. The first kappa shape index (κ1) is 20.7. The van der Waals surface area contributed by atoms with Crippen LogP contribution in [-0.2, 0) is 4.79 Å². The standard InChI is InChI=1S/C21H28N6O2S/c1-24(15-17-5-3-9-27(17)19-7-2-8-22-23-19)16-20(28)25-10-12-26(13-11-25)21(29)18-6-4-14-30-18/h2,4,6-8,14,17H,3,5,9-13,15-16H2,1H3. The van der Waals surface area contributed by atoms with Crippen LogP contribution in [0, 0.1) is 0 Å². The number of hydrogen-bond donors (Lipinski definition) is 0. The molecule has 0 N–H and O–H groups in total. The Kier molecular flexibility index (Phi) is 6.59. The van der Waals surface area contributed by atoms with E-state index in [0.717, 1.165) is 36.6 Å². The molecule has 30 heavy (non-hydrogen) atoms. The van der Waals surface area contributed by atoms with Crippen LogP contribution in [0.3, 0.4) is 0 Å². The SMILES string of the molecule is CN(CC(=O)N1CCN(C(=O)c2cccs2)CC1)CC1CCCN1c1cccnn1. The molecule has 160 valence electrons. The molecule has 0 spiro atoms. The zero-order valence-corrected chi connectivity index (χ0v) is 18.1. The summed E-state index contributed by atoms with van der Waals surface area (Å²) in [6.07, 6.45) is 3.91. The van der Waals surface area contributed by atoms with Crippen molar-refractivity contribution in [3.63, 3.8) is 0 Å². The van der Waals surface area contributed by atoms with Gasteiger partial charge in [-0.25, -0.2) is 0 Å². The Morgan fingerprint density at radius 3 is 2.63 bits per heavy atom. The average Bonchev–Trinajstić information content (AvgIpc) is 3.46. The van der Waals surface area contributed by atoms with Crippen LogP contribution in [0.25, 0.3) is 0 Å². The zero-order valence-electron chi connectivity index (χ0n) is 17.3. The third kappa shape index (κ3) is 4.79. The Labute approximate surface area is 181 Å². The predicted octanol–water partition coefficient (Wildman–Crippen LogP) is 1.42. The number of anilines is 1. The van der Waals surface area contributed by atoms with Crippen LogP contribution < -0.4 is 4.90 Å². The normalized spacial score (nSPS) is 19.5. The number of aromatic nitrogens is 2. The molecule has 2 amide bonds. The van der Waals surface area contributed by atoms with Gasteiger partial charge in [-0.3, -0.25) is 14.5 Å². The molecule has 0 bridgehead atoms. The Balaban J connectivity index is 1.25. The van der Waals surface area contributed by atoms with Gasteiger partial charge in [-0.1, -0.05) is 6.07 Å². The van der Waals surface area contributed by atoms with E-state index >= 15 is 0 Å². The fraction of sp³-hybridized carbons (Fsp3) is 0.524. The number of likely N-dealkylation sites (N-methyl/N-ethyl adjacent to an activating group) is 1. The summed E-state index contributed by atoms with van der Waals surface area (Å²) in [7, 11) is 2.00. The summed E-state index contributed by atoms with van der Waals surface area (Å²) in [5, 5.41) is 10.2. The minimum absolute atomic E-state index is 0.0690. The summed E-state index contributed by atoms with van der Waals surface area (Å²) in [4.78, 5) is 34.1. The first-order valence-corrected chi connectivity index (χ1v) is 11.3. The molecule has 0 radical (unpaired) electrons. The van der Waals surface area contributed by atoms with E-state index in [-0.39, 0.29) is 11.8 Å². The van der Waals surface area contributed by atoms with Crippen LogP contribution in [-0.4, -0.2) is 95.6 Å². The fourth-order valence-electron chi connectivity index (χ4n) is 4.24. The van der Waals surface area contributed by atoms with Crippen molar-refractivity contribution in [3.8, 4) is 0 Å². The molecule has 2 aromatic heterocycles. The van der Waals surface area contributed by atoms with Gasteiger partial charge in [-0.15, -0.1) is 16.4 Å². The summed E-state index contributed by atoms with van der Waals surface area (Å²) < 4.78 is 0. The smallest absolute Gasteiger partial charge is 0.264 e. The fourth-order valence-corrected chi connectivity index (χ4v) is 4.93. The molecular formula is C21H28N6O2S. The van der Waals surface area contributed by atoms with Crippen LogP contribution >= 0.6 is 11.3 Å². The number of hydrogen-bond acceptors (Lipinski definition) is 7. The number of thiophene rings is 1. The molecule has 4 heterocycles. The summed E-state index contributed by atoms with van der Waals surface area (Å²) >= 11 is 1.46. The van der Waals surface area contributed by atoms with Crippen LogP contribution in [0.1, 0.15) is 22.5 Å². The van der Waals surface area contributed by atoms with Crippen LogP contribution in [0.15, 0.2) is 35.8 Å². The number of carbonyl (C=O) groups is 2. The first-order valence-electron chi connectivity index (χ1n) is 10.5. The van der Waals surface area contributed by atoms with E-state index in [1.54, 1.807) is 6.20 Å². The van der Waals surface area contributed by atoms with Gasteiger partial charge in [-0.2, -0.15) is 5.10 Å². The minimum atomic E-state index is 0.0690. The van der Waals surface area contributed by atoms with E-state index in [4.69, 9.17) is 0 Å². The lowest BCUT2D eigenvalue weighted by atomic mass is 10.2. The van der Waals surface area contributed by atoms with Gasteiger partial charge in [0, 0.05) is 51.5 Å². The lowest BCUT2D eigenvalue weighted by Crippen LogP contribution is -2.53. The maximum Gasteiger partial charge on any atom is 0.264 e. The van der Waals surface area contributed by atoms with Crippen molar-refractivity contribution < 1.29 is 9.59 Å². The summed E-state index contributed by atoms with van der Waals surface area (Å²) in [6, 6.07) is 8.00. The van der Waals surface area contributed by atoms with Gasteiger partial charge in [0.05, 0.1) is 11.4 Å². The van der Waals surface area contributed by atoms with E-state index in [1.807, 2.05) is 46.5 Å². The van der Waals surface area contributed by atoms with Gasteiger partial charge in [0.25, 0.3) is 5.91 Å². The summed E-state index contributed by atoms with van der Waals surface area (Å²) in [6.45, 7) is 4.57. The van der Waals surface area contributed by atoms with Crippen LogP contribution in [0.5, 0.6) is 0 Å². The first-order chi connectivity index (χ1) is 14.6. The molecule has 2 aromatic rings. The van der Waals surface area contributed by atoms with E-state index in [1.165, 1.54) is 11.3 Å². The molecule has 2 saturated heterocycles. The molecule has 0 aliphatic carbocycles. The Morgan fingerprint density at radius 1 is 1.13 bits per heavy atom. The number of amides is 2. The molecule has 8 nitrogen and oxygen atoms in total. The molecule has 2 aliphatic rings. The van der Waals surface area contributed by atoms with Crippen molar-refractivity contribution >= 4 is 29.0 Å². The maximum absolute atomic E-state index is 12.8. The molecule has 9 heteroatoms.